The molecule has 0 saturated heterocycles. The van der Waals surface area contributed by atoms with Crippen LogP contribution in [0.25, 0.3) is 10.9 Å². The first-order valence-corrected chi connectivity index (χ1v) is 5.50. The lowest BCUT2D eigenvalue weighted by molar-refractivity contribution is 0.101. The zero-order chi connectivity index (χ0) is 11.0. The topological polar surface area (TPSA) is 49.9 Å². The summed E-state index contributed by atoms with van der Waals surface area (Å²) < 4.78 is 0.970. The normalized spacial score (nSPS) is 10.5. The molecule has 0 aliphatic carbocycles. The number of benzene rings is 1. The molecule has 0 bridgehead atoms. The second-order valence-electron chi connectivity index (χ2n) is 3.25. The third-order valence-corrected chi connectivity index (χ3v) is 3.14. The van der Waals surface area contributed by atoms with Gasteiger partial charge in [-0.25, -0.2) is 0 Å². The van der Waals surface area contributed by atoms with Gasteiger partial charge in [0.15, 0.2) is 11.2 Å². The first kappa shape index (κ1) is 10.4. The lowest BCUT2D eigenvalue weighted by Crippen LogP contribution is -2.13. The number of pyridine rings is 1. The number of para-hydroxylation sites is 1. The molecular weight excluding hydrogens is 305 g/mol. The summed E-state index contributed by atoms with van der Waals surface area (Å²) in [7, 11) is 0. The van der Waals surface area contributed by atoms with E-state index in [1.54, 1.807) is 6.07 Å². The average Bonchev–Trinajstić information content (AvgIpc) is 2.19. The summed E-state index contributed by atoms with van der Waals surface area (Å²) in [5.41, 5.74) is 0.798. The Kier molecular flexibility index (Phi) is 2.60. The minimum absolute atomic E-state index is 0.199. The van der Waals surface area contributed by atoms with E-state index in [9.17, 15) is 9.59 Å². The first-order chi connectivity index (χ1) is 7.11. The Labute approximate surface area is 99.6 Å². The molecule has 1 N–H and O–H groups in total. The standard InChI is InChI=1S/C11H8INO2/c1-6(14)8-5-13-10-7(11(8)15)3-2-4-9(10)12/h2-5H,1H3,(H,13,15). The van der Waals surface area contributed by atoms with Crippen LogP contribution in [-0.2, 0) is 0 Å². The summed E-state index contributed by atoms with van der Waals surface area (Å²) in [5.74, 6) is -0.211. The molecule has 0 aliphatic rings. The van der Waals surface area contributed by atoms with Crippen molar-refractivity contribution < 1.29 is 4.79 Å². The number of hydrogen-bond donors (Lipinski definition) is 1. The monoisotopic (exact) mass is 313 g/mol. The van der Waals surface area contributed by atoms with Crippen LogP contribution in [0.15, 0.2) is 29.2 Å². The highest BCUT2D eigenvalue weighted by molar-refractivity contribution is 14.1. The van der Waals surface area contributed by atoms with Crippen LogP contribution in [0, 0.1) is 3.57 Å². The van der Waals surface area contributed by atoms with Crippen molar-refractivity contribution in [3.63, 3.8) is 0 Å². The van der Waals surface area contributed by atoms with Gasteiger partial charge in [-0.3, -0.25) is 9.59 Å². The fourth-order valence-corrected chi connectivity index (χ4v) is 2.13. The molecule has 0 unspecified atom stereocenters. The van der Waals surface area contributed by atoms with Gasteiger partial charge in [-0.2, -0.15) is 0 Å². The van der Waals surface area contributed by atoms with Gasteiger partial charge in [-0.05, 0) is 41.6 Å². The minimum Gasteiger partial charge on any atom is -0.359 e. The van der Waals surface area contributed by atoms with Crippen LogP contribution in [-0.4, -0.2) is 10.8 Å². The summed E-state index contributed by atoms with van der Waals surface area (Å²) in [6, 6.07) is 5.44. The van der Waals surface area contributed by atoms with Gasteiger partial charge >= 0.3 is 0 Å². The number of ketones is 1. The van der Waals surface area contributed by atoms with Crippen molar-refractivity contribution in [1.29, 1.82) is 0 Å². The van der Waals surface area contributed by atoms with E-state index < -0.39 is 0 Å². The van der Waals surface area contributed by atoms with Crippen LogP contribution in [0.1, 0.15) is 17.3 Å². The number of aromatic amines is 1. The third-order valence-electron chi connectivity index (χ3n) is 2.24. The quantitative estimate of drug-likeness (QED) is 0.649. The lowest BCUT2D eigenvalue weighted by Gasteiger charge is -2.01. The van der Waals surface area contributed by atoms with E-state index in [-0.39, 0.29) is 16.8 Å². The molecule has 0 atom stereocenters. The second-order valence-corrected chi connectivity index (χ2v) is 4.41. The van der Waals surface area contributed by atoms with E-state index in [1.165, 1.54) is 13.1 Å². The van der Waals surface area contributed by atoms with E-state index >= 15 is 0 Å². The van der Waals surface area contributed by atoms with Crippen LogP contribution >= 0.6 is 22.6 Å². The first-order valence-electron chi connectivity index (χ1n) is 4.42. The molecule has 0 fully saturated rings. The highest BCUT2D eigenvalue weighted by Gasteiger charge is 2.09. The van der Waals surface area contributed by atoms with Crippen molar-refractivity contribution in [1.82, 2.24) is 4.98 Å². The van der Waals surface area contributed by atoms with Crippen molar-refractivity contribution in [2.45, 2.75) is 6.92 Å². The molecular formula is C11H8INO2. The number of halogens is 1. The number of aromatic nitrogens is 1. The van der Waals surface area contributed by atoms with Crippen molar-refractivity contribution in [2.75, 3.05) is 0 Å². The van der Waals surface area contributed by atoms with Crippen molar-refractivity contribution >= 4 is 39.3 Å². The molecule has 1 heterocycles. The SMILES string of the molecule is CC(=O)c1c[nH]c2c(I)cccc2c1=O. The Morgan fingerprint density at radius 3 is 2.80 bits per heavy atom. The van der Waals surface area contributed by atoms with Crippen LogP contribution in [0.5, 0.6) is 0 Å². The summed E-state index contributed by atoms with van der Waals surface area (Å²) in [6.07, 6.45) is 1.48. The maximum absolute atomic E-state index is 11.9. The van der Waals surface area contributed by atoms with Gasteiger partial charge in [0.05, 0.1) is 11.1 Å². The van der Waals surface area contributed by atoms with Crippen molar-refractivity contribution in [3.05, 3.63) is 43.8 Å². The molecule has 2 aromatic rings. The number of fused-ring (bicyclic) bond motifs is 1. The van der Waals surface area contributed by atoms with Gasteiger partial charge in [-0.15, -0.1) is 0 Å². The average molecular weight is 313 g/mol. The van der Waals surface area contributed by atoms with Gasteiger partial charge in [0.25, 0.3) is 0 Å². The van der Waals surface area contributed by atoms with Gasteiger partial charge in [0.1, 0.15) is 0 Å². The molecule has 3 nitrogen and oxygen atoms in total. The van der Waals surface area contributed by atoms with Crippen LogP contribution in [0.2, 0.25) is 0 Å². The Hall–Kier alpha value is -1.17. The zero-order valence-electron chi connectivity index (χ0n) is 8.00. The molecule has 0 amide bonds. The summed E-state index contributed by atoms with van der Waals surface area (Å²) in [5, 5.41) is 0.564. The van der Waals surface area contributed by atoms with Crippen LogP contribution in [0.4, 0.5) is 0 Å². The largest absolute Gasteiger partial charge is 0.359 e. The molecule has 76 valence electrons. The van der Waals surface area contributed by atoms with E-state index in [1.807, 2.05) is 12.1 Å². The molecule has 1 aromatic carbocycles. The number of H-pyrrole nitrogens is 1. The van der Waals surface area contributed by atoms with Crippen molar-refractivity contribution in [2.24, 2.45) is 0 Å². The molecule has 0 spiro atoms. The Morgan fingerprint density at radius 2 is 2.13 bits per heavy atom. The lowest BCUT2D eigenvalue weighted by atomic mass is 10.1. The van der Waals surface area contributed by atoms with E-state index in [2.05, 4.69) is 27.6 Å². The maximum Gasteiger partial charge on any atom is 0.200 e. The Morgan fingerprint density at radius 1 is 1.40 bits per heavy atom. The summed E-state index contributed by atoms with van der Waals surface area (Å²) >= 11 is 2.15. The molecule has 15 heavy (non-hydrogen) atoms. The van der Waals surface area contributed by atoms with Gasteiger partial charge in [-0.1, -0.05) is 6.07 Å². The minimum atomic E-state index is -0.211. The molecule has 4 heteroatoms. The zero-order valence-corrected chi connectivity index (χ0v) is 10.2. The van der Waals surface area contributed by atoms with Crippen LogP contribution in [0.3, 0.4) is 0 Å². The number of rotatable bonds is 1. The second kappa shape index (κ2) is 3.77. The highest BCUT2D eigenvalue weighted by Crippen LogP contribution is 2.15. The predicted molar refractivity (Wildman–Crippen MR) is 67.3 cm³/mol. The van der Waals surface area contributed by atoms with Crippen LogP contribution < -0.4 is 5.43 Å². The third kappa shape index (κ3) is 1.69. The number of nitrogens with one attached hydrogen (secondary N) is 1. The molecule has 0 aliphatic heterocycles. The van der Waals surface area contributed by atoms with E-state index in [0.717, 1.165) is 9.09 Å². The summed E-state index contributed by atoms with van der Waals surface area (Å²) in [4.78, 5) is 26.0. The van der Waals surface area contributed by atoms with Crippen molar-refractivity contribution in [3.8, 4) is 0 Å². The van der Waals surface area contributed by atoms with Gasteiger partial charge < -0.3 is 4.98 Å². The number of carbonyl (C=O) groups is 1. The molecule has 0 saturated carbocycles. The number of hydrogen-bond acceptors (Lipinski definition) is 2. The smallest absolute Gasteiger partial charge is 0.200 e. The highest BCUT2D eigenvalue weighted by atomic mass is 127. The summed E-state index contributed by atoms with van der Waals surface area (Å²) in [6.45, 7) is 1.39. The fourth-order valence-electron chi connectivity index (χ4n) is 1.48. The Balaban J connectivity index is 2.92. The van der Waals surface area contributed by atoms with Gasteiger partial charge in [0, 0.05) is 15.2 Å². The van der Waals surface area contributed by atoms with E-state index in [0.29, 0.717) is 5.39 Å². The Bertz CT molecular complexity index is 601. The fraction of sp³-hybridized carbons (Fsp3) is 0.0909. The predicted octanol–water partition coefficient (Wildman–Crippen LogP) is 2.34. The van der Waals surface area contributed by atoms with E-state index in [4.69, 9.17) is 0 Å². The molecule has 0 radical (unpaired) electrons. The molecule has 1 aromatic heterocycles. The number of carbonyl (C=O) groups excluding carboxylic acids is 1. The number of Topliss-reactive ketones (excluding diaryl/α,β-unsaturated/α-hetero) is 1. The van der Waals surface area contributed by atoms with Gasteiger partial charge in [0.2, 0.25) is 0 Å². The maximum atomic E-state index is 11.9. The molecule has 2 rings (SSSR count).